The number of methoxy groups -OCH3 is 1. The van der Waals surface area contributed by atoms with Crippen LogP contribution in [0.25, 0.3) is 0 Å². The number of aliphatic hydroxyl groups excluding tert-OH is 1. The van der Waals surface area contributed by atoms with Crippen LogP contribution in [0.5, 0.6) is 11.5 Å². The van der Waals surface area contributed by atoms with Crippen LogP contribution in [0.15, 0.2) is 59.9 Å². The predicted octanol–water partition coefficient (Wildman–Crippen LogP) is 5.45. The number of anilines is 1. The van der Waals surface area contributed by atoms with Crippen LogP contribution in [0.1, 0.15) is 32.0 Å². The van der Waals surface area contributed by atoms with Crippen molar-refractivity contribution in [2.24, 2.45) is 0 Å². The van der Waals surface area contributed by atoms with Gasteiger partial charge in [-0.05, 0) is 55.8 Å². The van der Waals surface area contributed by atoms with Gasteiger partial charge in [-0.1, -0.05) is 12.1 Å². The van der Waals surface area contributed by atoms with E-state index in [1.54, 1.807) is 38.1 Å². The summed E-state index contributed by atoms with van der Waals surface area (Å²) in [5, 5.41) is 11.5. The molecular weight excluding hydrogens is 485 g/mol. The fourth-order valence-electron chi connectivity index (χ4n) is 3.88. The van der Waals surface area contributed by atoms with E-state index in [2.05, 4.69) is 9.72 Å². The third-order valence-electron chi connectivity index (χ3n) is 5.34. The Kier molecular flexibility index (Phi) is 6.28. The number of halogens is 3. The molecule has 0 aliphatic carbocycles. The summed E-state index contributed by atoms with van der Waals surface area (Å²) >= 11 is 1.14. The Labute approximate surface area is 202 Å². The first-order chi connectivity index (χ1) is 16.5. The Balaban J connectivity index is 1.81. The Morgan fingerprint density at radius 2 is 1.66 bits per heavy atom. The second-order valence-corrected chi connectivity index (χ2v) is 8.83. The molecule has 1 aliphatic rings. The van der Waals surface area contributed by atoms with Gasteiger partial charge in [0.25, 0.3) is 5.91 Å². The summed E-state index contributed by atoms with van der Waals surface area (Å²) in [5.41, 5.74) is 0.964. The summed E-state index contributed by atoms with van der Waals surface area (Å²) < 4.78 is 46.8. The first-order valence-electron chi connectivity index (χ1n) is 10.3. The highest BCUT2D eigenvalue weighted by Crippen LogP contribution is 2.43. The standard InChI is InChI=1S/C24H19F3N2O5S/c1-12-22(35-13(2)28-12)20(30)18-19(14-4-8-16(33-3)9-5-14)29(23(32)21(18)31)15-6-10-17(11-7-15)34-24(25,26)27/h4-11,19,31H,1-3H3. The lowest BCUT2D eigenvalue weighted by atomic mass is 9.94. The molecule has 3 aromatic rings. The minimum Gasteiger partial charge on any atom is -0.503 e. The lowest BCUT2D eigenvalue weighted by molar-refractivity contribution is -0.274. The molecule has 182 valence electrons. The third kappa shape index (κ3) is 4.72. The maximum Gasteiger partial charge on any atom is 0.573 e. The lowest BCUT2D eigenvalue weighted by Crippen LogP contribution is -2.31. The van der Waals surface area contributed by atoms with Crippen molar-refractivity contribution in [2.45, 2.75) is 26.3 Å². The molecule has 0 fully saturated rings. The van der Waals surface area contributed by atoms with Crippen LogP contribution in [0.2, 0.25) is 0 Å². The van der Waals surface area contributed by atoms with E-state index in [1.165, 1.54) is 19.2 Å². The maximum atomic E-state index is 13.5. The smallest absolute Gasteiger partial charge is 0.503 e. The predicted molar refractivity (Wildman–Crippen MR) is 122 cm³/mol. The van der Waals surface area contributed by atoms with Gasteiger partial charge in [0, 0.05) is 5.69 Å². The van der Waals surface area contributed by atoms with E-state index in [1.807, 2.05) is 0 Å². The van der Waals surface area contributed by atoms with E-state index in [9.17, 15) is 27.9 Å². The van der Waals surface area contributed by atoms with Crippen molar-refractivity contribution in [3.63, 3.8) is 0 Å². The van der Waals surface area contributed by atoms with E-state index in [4.69, 9.17) is 4.74 Å². The van der Waals surface area contributed by atoms with Gasteiger partial charge in [0.05, 0.1) is 34.3 Å². The molecular formula is C24H19F3N2O5S. The number of nitrogens with zero attached hydrogens (tertiary/aromatic N) is 2. The fourth-order valence-corrected chi connectivity index (χ4v) is 4.75. The molecule has 1 aromatic heterocycles. The van der Waals surface area contributed by atoms with Gasteiger partial charge in [0.2, 0.25) is 5.78 Å². The van der Waals surface area contributed by atoms with Crippen LogP contribution in [-0.4, -0.2) is 35.3 Å². The van der Waals surface area contributed by atoms with Crippen molar-refractivity contribution in [1.82, 2.24) is 4.98 Å². The maximum absolute atomic E-state index is 13.5. The fraction of sp³-hybridized carbons (Fsp3) is 0.208. The van der Waals surface area contributed by atoms with Crippen LogP contribution >= 0.6 is 11.3 Å². The summed E-state index contributed by atoms with van der Waals surface area (Å²) in [4.78, 5) is 32.4. The molecule has 4 rings (SSSR count). The molecule has 1 aliphatic heterocycles. The highest BCUT2D eigenvalue weighted by atomic mass is 32.1. The van der Waals surface area contributed by atoms with Crippen molar-refractivity contribution >= 4 is 28.7 Å². The average molecular weight is 504 g/mol. The van der Waals surface area contributed by atoms with Gasteiger partial charge in [-0.3, -0.25) is 14.5 Å². The van der Waals surface area contributed by atoms with E-state index >= 15 is 0 Å². The number of rotatable bonds is 6. The zero-order chi connectivity index (χ0) is 25.5. The number of hydrogen-bond donors (Lipinski definition) is 1. The Bertz CT molecular complexity index is 1310. The summed E-state index contributed by atoms with van der Waals surface area (Å²) in [6, 6.07) is 10.1. The average Bonchev–Trinajstić information content (AvgIpc) is 3.28. The van der Waals surface area contributed by atoms with Crippen LogP contribution in [0.4, 0.5) is 18.9 Å². The van der Waals surface area contributed by atoms with Gasteiger partial charge in [-0.15, -0.1) is 24.5 Å². The number of carbonyl (C=O) groups is 2. The number of alkyl halides is 3. The monoisotopic (exact) mass is 504 g/mol. The Morgan fingerprint density at radius 1 is 1.06 bits per heavy atom. The molecule has 1 amide bonds. The minimum absolute atomic E-state index is 0.150. The highest BCUT2D eigenvalue weighted by molar-refractivity contribution is 7.14. The molecule has 2 heterocycles. The van der Waals surface area contributed by atoms with Crippen LogP contribution in [0, 0.1) is 13.8 Å². The zero-order valence-electron chi connectivity index (χ0n) is 18.7. The summed E-state index contributed by atoms with van der Waals surface area (Å²) in [6.07, 6.45) is -4.87. The van der Waals surface area contributed by atoms with Gasteiger partial charge >= 0.3 is 6.36 Å². The molecule has 1 atom stereocenters. The number of carbonyl (C=O) groups excluding carboxylic acids is 2. The third-order valence-corrected chi connectivity index (χ3v) is 6.41. The highest BCUT2D eigenvalue weighted by Gasteiger charge is 2.45. The largest absolute Gasteiger partial charge is 0.573 e. The first kappa shape index (κ1) is 24.3. The number of benzene rings is 2. The number of amides is 1. The van der Waals surface area contributed by atoms with Crippen molar-refractivity contribution in [3.05, 3.63) is 81.0 Å². The molecule has 1 unspecified atom stereocenters. The molecule has 1 N–H and O–H groups in total. The molecule has 0 saturated heterocycles. The van der Waals surface area contributed by atoms with E-state index < -0.39 is 35.6 Å². The number of aliphatic hydroxyl groups is 1. The van der Waals surface area contributed by atoms with Crippen molar-refractivity contribution in [3.8, 4) is 11.5 Å². The molecule has 35 heavy (non-hydrogen) atoms. The number of aromatic nitrogens is 1. The molecule has 0 spiro atoms. The van der Waals surface area contributed by atoms with Crippen LogP contribution in [-0.2, 0) is 4.79 Å². The van der Waals surface area contributed by atoms with Gasteiger partial charge in [0.15, 0.2) is 5.76 Å². The number of thiazole rings is 1. The number of ketones is 1. The second-order valence-electron chi connectivity index (χ2n) is 7.63. The summed E-state index contributed by atoms with van der Waals surface area (Å²) in [5.74, 6) is -2.10. The number of aryl methyl sites for hydroxylation is 2. The van der Waals surface area contributed by atoms with Gasteiger partial charge in [0.1, 0.15) is 11.5 Å². The number of hydrogen-bond acceptors (Lipinski definition) is 7. The zero-order valence-corrected chi connectivity index (χ0v) is 19.5. The molecule has 0 bridgehead atoms. The Morgan fingerprint density at radius 3 is 2.17 bits per heavy atom. The number of ether oxygens (including phenoxy) is 2. The Hall–Kier alpha value is -3.86. The second kappa shape index (κ2) is 9.06. The molecule has 2 aromatic carbocycles. The minimum atomic E-state index is -4.87. The van der Waals surface area contributed by atoms with Gasteiger partial charge < -0.3 is 14.6 Å². The van der Waals surface area contributed by atoms with Crippen molar-refractivity contribution < 1.29 is 37.3 Å². The van der Waals surface area contributed by atoms with Crippen molar-refractivity contribution in [1.29, 1.82) is 0 Å². The molecule has 7 nitrogen and oxygen atoms in total. The SMILES string of the molecule is COc1ccc(C2C(C(=O)c3sc(C)nc3C)=C(O)C(=O)N2c2ccc(OC(F)(F)F)cc2)cc1. The quantitative estimate of drug-likeness (QED) is 0.449. The van der Waals surface area contributed by atoms with E-state index in [0.29, 0.717) is 22.0 Å². The normalized spacial score (nSPS) is 16.1. The van der Waals surface area contributed by atoms with Gasteiger partial charge in [-0.2, -0.15) is 0 Å². The topological polar surface area (TPSA) is 89.0 Å². The lowest BCUT2D eigenvalue weighted by Gasteiger charge is -2.27. The molecule has 0 saturated carbocycles. The van der Waals surface area contributed by atoms with Gasteiger partial charge in [-0.25, -0.2) is 4.98 Å². The molecule has 0 radical (unpaired) electrons. The number of Topliss-reactive ketones (excluding diaryl/α,β-unsaturated/α-hetero) is 1. The van der Waals surface area contributed by atoms with E-state index in [0.717, 1.165) is 28.4 Å². The summed E-state index contributed by atoms with van der Waals surface area (Å²) in [6.45, 7) is 3.39. The van der Waals surface area contributed by atoms with Crippen LogP contribution in [0.3, 0.4) is 0 Å². The summed E-state index contributed by atoms with van der Waals surface area (Å²) in [7, 11) is 1.49. The van der Waals surface area contributed by atoms with Crippen molar-refractivity contribution in [2.75, 3.05) is 12.0 Å². The molecule has 11 heteroatoms. The van der Waals surface area contributed by atoms with Crippen LogP contribution < -0.4 is 14.4 Å². The van der Waals surface area contributed by atoms with E-state index in [-0.39, 0.29) is 16.1 Å². The first-order valence-corrected chi connectivity index (χ1v) is 11.1.